The Kier molecular flexibility index (Phi) is 5.56. The average Bonchev–Trinajstić information content (AvgIpc) is 3.54. The molecule has 0 N–H and O–H groups in total. The van der Waals surface area contributed by atoms with E-state index in [0.717, 1.165) is 24.5 Å². The van der Waals surface area contributed by atoms with E-state index in [1.54, 1.807) is 30.1 Å². The molecular formula is C25H24FN5O2. The summed E-state index contributed by atoms with van der Waals surface area (Å²) in [6.45, 7) is 2.66. The molecule has 168 valence electrons. The second kappa shape index (κ2) is 8.82. The van der Waals surface area contributed by atoms with Crippen LogP contribution in [0.2, 0.25) is 0 Å². The first kappa shape index (κ1) is 20.8. The van der Waals surface area contributed by atoms with Gasteiger partial charge in [-0.05, 0) is 54.6 Å². The topological polar surface area (TPSA) is 55.5 Å². The minimum atomic E-state index is -0.357. The number of methoxy groups -OCH3 is 1. The minimum Gasteiger partial charge on any atom is -0.497 e. The number of nitrogens with zero attached hydrogens (tertiary/aromatic N) is 5. The lowest BCUT2D eigenvalue weighted by atomic mass is 10.2. The van der Waals surface area contributed by atoms with Crippen molar-refractivity contribution in [1.29, 1.82) is 0 Å². The number of amides is 1. The molecule has 2 aromatic carbocycles. The number of hydrogen-bond donors (Lipinski definition) is 0. The van der Waals surface area contributed by atoms with Gasteiger partial charge in [0.2, 0.25) is 0 Å². The fourth-order valence-electron chi connectivity index (χ4n) is 4.14. The molecule has 0 aliphatic carbocycles. The molecule has 1 fully saturated rings. The lowest BCUT2D eigenvalue weighted by molar-refractivity contribution is 0.0747. The highest BCUT2D eigenvalue weighted by Crippen LogP contribution is 2.24. The van der Waals surface area contributed by atoms with Crippen molar-refractivity contribution in [1.82, 2.24) is 19.2 Å². The summed E-state index contributed by atoms with van der Waals surface area (Å²) in [7, 11) is 1.65. The zero-order chi connectivity index (χ0) is 22.8. The van der Waals surface area contributed by atoms with Gasteiger partial charge in [0, 0.05) is 44.3 Å². The Labute approximate surface area is 191 Å². The summed E-state index contributed by atoms with van der Waals surface area (Å²) in [5, 5.41) is 4.44. The fourth-order valence-corrected chi connectivity index (χ4v) is 4.14. The molecule has 7 nitrogen and oxygen atoms in total. The van der Waals surface area contributed by atoms with Gasteiger partial charge in [0.25, 0.3) is 5.91 Å². The number of benzene rings is 2. The number of aromatic nitrogens is 3. The summed E-state index contributed by atoms with van der Waals surface area (Å²) in [4.78, 5) is 17.6. The standard InChI is InChI=1S/C25H24FN5O2/c1-33-22-9-7-20(8-10-22)28-13-15-30(16-14-28)25(32)23-18-27-31(21-6-4-5-19(26)17-21)24(23)29-11-2-3-12-29/h2-12,17-18H,13-16H2,1H3. The number of rotatable bonds is 5. The van der Waals surface area contributed by atoms with Gasteiger partial charge in [-0.15, -0.1) is 0 Å². The maximum Gasteiger partial charge on any atom is 0.259 e. The first-order chi connectivity index (χ1) is 16.1. The molecular weight excluding hydrogens is 421 g/mol. The van der Waals surface area contributed by atoms with E-state index in [1.165, 1.54) is 12.1 Å². The number of halogens is 1. The summed E-state index contributed by atoms with van der Waals surface area (Å²) in [5.41, 5.74) is 2.14. The third-order valence-electron chi connectivity index (χ3n) is 5.88. The van der Waals surface area contributed by atoms with Crippen LogP contribution in [0.1, 0.15) is 10.4 Å². The Balaban J connectivity index is 1.39. The highest BCUT2D eigenvalue weighted by molar-refractivity contribution is 5.97. The molecule has 0 radical (unpaired) electrons. The molecule has 0 unspecified atom stereocenters. The van der Waals surface area contributed by atoms with Crippen molar-refractivity contribution in [2.24, 2.45) is 0 Å². The maximum absolute atomic E-state index is 13.9. The number of carbonyl (C=O) groups is 1. The van der Waals surface area contributed by atoms with Gasteiger partial charge in [0.1, 0.15) is 17.1 Å². The van der Waals surface area contributed by atoms with E-state index >= 15 is 0 Å². The van der Waals surface area contributed by atoms with E-state index < -0.39 is 0 Å². The van der Waals surface area contributed by atoms with Gasteiger partial charge in [-0.3, -0.25) is 4.79 Å². The van der Waals surface area contributed by atoms with Crippen molar-refractivity contribution < 1.29 is 13.9 Å². The molecule has 5 rings (SSSR count). The molecule has 33 heavy (non-hydrogen) atoms. The van der Waals surface area contributed by atoms with E-state index in [2.05, 4.69) is 10.00 Å². The van der Waals surface area contributed by atoms with Crippen molar-refractivity contribution in [3.63, 3.8) is 0 Å². The van der Waals surface area contributed by atoms with Crippen LogP contribution in [0.3, 0.4) is 0 Å². The largest absolute Gasteiger partial charge is 0.497 e. The number of hydrogen-bond acceptors (Lipinski definition) is 4. The van der Waals surface area contributed by atoms with Crippen LogP contribution >= 0.6 is 0 Å². The summed E-state index contributed by atoms with van der Waals surface area (Å²) in [6, 6.07) is 17.9. The molecule has 0 spiro atoms. The van der Waals surface area contributed by atoms with Gasteiger partial charge >= 0.3 is 0 Å². The smallest absolute Gasteiger partial charge is 0.259 e. The van der Waals surface area contributed by atoms with Crippen LogP contribution in [0.4, 0.5) is 10.1 Å². The minimum absolute atomic E-state index is 0.0873. The Morgan fingerprint density at radius 2 is 1.67 bits per heavy atom. The van der Waals surface area contributed by atoms with Crippen LogP contribution in [0.25, 0.3) is 11.5 Å². The Hall–Kier alpha value is -4.07. The fraction of sp³-hybridized carbons (Fsp3) is 0.200. The van der Waals surface area contributed by atoms with Crippen molar-refractivity contribution in [2.45, 2.75) is 0 Å². The molecule has 8 heteroatoms. The molecule has 3 heterocycles. The van der Waals surface area contributed by atoms with Crippen LogP contribution in [-0.2, 0) is 0 Å². The molecule has 4 aromatic rings. The quantitative estimate of drug-likeness (QED) is 0.469. The zero-order valence-electron chi connectivity index (χ0n) is 18.3. The third-order valence-corrected chi connectivity index (χ3v) is 5.88. The molecule has 0 saturated carbocycles. The van der Waals surface area contributed by atoms with Gasteiger partial charge in [0.15, 0.2) is 5.82 Å². The molecule has 0 atom stereocenters. The van der Waals surface area contributed by atoms with E-state index in [4.69, 9.17) is 4.74 Å². The average molecular weight is 445 g/mol. The van der Waals surface area contributed by atoms with Crippen LogP contribution < -0.4 is 9.64 Å². The molecule has 1 saturated heterocycles. The van der Waals surface area contributed by atoms with Gasteiger partial charge in [0.05, 0.1) is 19.0 Å². The van der Waals surface area contributed by atoms with E-state index in [9.17, 15) is 9.18 Å². The molecule has 1 aliphatic heterocycles. The SMILES string of the molecule is COc1ccc(N2CCN(C(=O)c3cnn(-c4cccc(F)c4)c3-n3cccc3)CC2)cc1. The first-order valence-electron chi connectivity index (χ1n) is 10.8. The molecule has 1 aliphatic rings. The number of ether oxygens (including phenoxy) is 1. The van der Waals surface area contributed by atoms with Crippen LogP contribution in [0.5, 0.6) is 5.75 Å². The highest BCUT2D eigenvalue weighted by atomic mass is 19.1. The van der Waals surface area contributed by atoms with E-state index in [-0.39, 0.29) is 11.7 Å². The van der Waals surface area contributed by atoms with Crippen LogP contribution in [-0.4, -0.2) is 58.4 Å². The van der Waals surface area contributed by atoms with Crippen LogP contribution in [0.15, 0.2) is 79.3 Å². The molecule has 1 amide bonds. The van der Waals surface area contributed by atoms with Crippen LogP contribution in [0, 0.1) is 5.82 Å². The molecule has 2 aromatic heterocycles. The van der Waals surface area contributed by atoms with E-state index in [0.29, 0.717) is 30.2 Å². The summed E-state index contributed by atoms with van der Waals surface area (Å²) < 4.78 is 22.5. The Morgan fingerprint density at radius 1 is 0.939 bits per heavy atom. The number of carbonyl (C=O) groups excluding carboxylic acids is 1. The van der Waals surface area contributed by atoms with Crippen molar-refractivity contribution >= 4 is 11.6 Å². The second-order valence-corrected chi connectivity index (χ2v) is 7.84. The Bertz CT molecular complexity index is 1240. The highest BCUT2D eigenvalue weighted by Gasteiger charge is 2.27. The van der Waals surface area contributed by atoms with Gasteiger partial charge in [-0.2, -0.15) is 5.10 Å². The van der Waals surface area contributed by atoms with Gasteiger partial charge in [-0.25, -0.2) is 9.07 Å². The zero-order valence-corrected chi connectivity index (χ0v) is 18.3. The normalized spacial score (nSPS) is 13.9. The first-order valence-corrected chi connectivity index (χ1v) is 10.8. The monoisotopic (exact) mass is 445 g/mol. The summed E-state index contributed by atoms with van der Waals surface area (Å²) in [5.74, 6) is 0.966. The predicted octanol–water partition coefficient (Wildman–Crippen LogP) is 3.77. The second-order valence-electron chi connectivity index (χ2n) is 7.84. The number of anilines is 1. The molecule has 0 bridgehead atoms. The van der Waals surface area contributed by atoms with Gasteiger partial charge in [-0.1, -0.05) is 6.07 Å². The Morgan fingerprint density at radius 3 is 2.33 bits per heavy atom. The summed E-state index contributed by atoms with van der Waals surface area (Å²) >= 11 is 0. The lowest BCUT2D eigenvalue weighted by Gasteiger charge is -2.36. The van der Waals surface area contributed by atoms with Crippen molar-refractivity contribution in [3.05, 3.63) is 90.6 Å². The van der Waals surface area contributed by atoms with Gasteiger partial charge < -0.3 is 19.1 Å². The maximum atomic E-state index is 13.9. The summed E-state index contributed by atoms with van der Waals surface area (Å²) in [6.07, 6.45) is 5.27. The lowest BCUT2D eigenvalue weighted by Crippen LogP contribution is -2.48. The van der Waals surface area contributed by atoms with Crippen molar-refractivity contribution in [3.8, 4) is 17.3 Å². The predicted molar refractivity (Wildman–Crippen MR) is 124 cm³/mol. The third kappa shape index (κ3) is 4.07. The number of piperazine rings is 1. The van der Waals surface area contributed by atoms with E-state index in [1.807, 2.05) is 58.3 Å². The van der Waals surface area contributed by atoms with Crippen molar-refractivity contribution in [2.75, 3.05) is 38.2 Å².